The lowest BCUT2D eigenvalue weighted by molar-refractivity contribution is 0.934. The quantitative estimate of drug-likeness (QED) is 0.463. The van der Waals surface area contributed by atoms with Crippen molar-refractivity contribution in [2.75, 3.05) is 0 Å². The zero-order chi connectivity index (χ0) is 8.69. The number of rotatable bonds is 0. The minimum absolute atomic E-state index is 0.535. The Kier molecular flexibility index (Phi) is 5.29. The molecule has 0 saturated carbocycles. The fourth-order valence-corrected chi connectivity index (χ4v) is 0.847. The van der Waals surface area contributed by atoms with Gasteiger partial charge in [-0.15, -0.1) is 0 Å². The highest BCUT2D eigenvalue weighted by Gasteiger charge is 1.92. The molecule has 0 amide bonds. The largest absolute Gasteiger partial charge is 0.0703 e. The molecule has 0 nitrogen and oxygen atoms in total. The van der Waals surface area contributed by atoms with Crippen LogP contribution in [0.3, 0.4) is 0 Å². The summed E-state index contributed by atoms with van der Waals surface area (Å²) in [6, 6.07) is 0. The molecular formula is C11H16. The Bertz CT molecular complexity index is 208. The highest BCUT2D eigenvalue weighted by molar-refractivity contribution is 5.35. The zero-order valence-corrected chi connectivity index (χ0v) is 7.81. The van der Waals surface area contributed by atoms with Gasteiger partial charge < -0.3 is 0 Å². The summed E-state index contributed by atoms with van der Waals surface area (Å²) in [5, 5.41) is 0. The van der Waals surface area contributed by atoms with Gasteiger partial charge in [0.25, 0.3) is 0 Å². The minimum atomic E-state index is 0.535. The molecule has 0 aromatic rings. The van der Waals surface area contributed by atoms with E-state index in [1.807, 2.05) is 26.8 Å². The molecule has 0 aliphatic heterocycles. The van der Waals surface area contributed by atoms with Gasteiger partial charge in [-0.05, 0) is 24.5 Å². The molecule has 0 N–H and O–H groups in total. The Balaban J connectivity index is 0.000000461. The normalized spacial score (nSPS) is 20.0. The monoisotopic (exact) mass is 148 g/mol. The fraction of sp³-hybridized carbons (Fsp3) is 0.455. The second kappa shape index (κ2) is 5.80. The second-order valence-electron chi connectivity index (χ2n) is 2.34. The first-order chi connectivity index (χ1) is 5.29. The third-order valence-corrected chi connectivity index (χ3v) is 1.27. The Morgan fingerprint density at radius 1 is 1.36 bits per heavy atom. The van der Waals surface area contributed by atoms with Crippen LogP contribution in [0, 0.1) is 17.8 Å². The maximum absolute atomic E-state index is 3.00. The van der Waals surface area contributed by atoms with Crippen molar-refractivity contribution in [2.24, 2.45) is 5.92 Å². The highest BCUT2D eigenvalue weighted by atomic mass is 14.0. The summed E-state index contributed by atoms with van der Waals surface area (Å²) in [4.78, 5) is 0. The fourth-order valence-electron chi connectivity index (χ4n) is 0.847. The van der Waals surface area contributed by atoms with E-state index in [1.54, 1.807) is 0 Å². The molecule has 1 unspecified atom stereocenters. The van der Waals surface area contributed by atoms with Crippen molar-refractivity contribution in [3.8, 4) is 11.8 Å². The van der Waals surface area contributed by atoms with Gasteiger partial charge in [0.1, 0.15) is 0 Å². The van der Waals surface area contributed by atoms with E-state index in [1.165, 1.54) is 5.57 Å². The first kappa shape index (κ1) is 10.0. The summed E-state index contributed by atoms with van der Waals surface area (Å²) >= 11 is 0. The maximum atomic E-state index is 3.00. The number of hydrogen-bond acceptors (Lipinski definition) is 0. The molecule has 0 aromatic heterocycles. The van der Waals surface area contributed by atoms with Gasteiger partial charge in [-0.25, -0.2) is 0 Å². The van der Waals surface area contributed by atoms with Gasteiger partial charge in [-0.1, -0.05) is 44.8 Å². The van der Waals surface area contributed by atoms with Gasteiger partial charge in [-0.2, -0.15) is 0 Å². The van der Waals surface area contributed by atoms with E-state index < -0.39 is 0 Å². The van der Waals surface area contributed by atoms with Crippen molar-refractivity contribution in [1.29, 1.82) is 0 Å². The Labute approximate surface area is 70.0 Å². The van der Waals surface area contributed by atoms with Crippen LogP contribution in [0.25, 0.3) is 0 Å². The average molecular weight is 148 g/mol. The maximum Gasteiger partial charge on any atom is -0.00413 e. The lowest BCUT2D eigenvalue weighted by Crippen LogP contribution is -1.81. The van der Waals surface area contributed by atoms with Crippen LogP contribution in [-0.4, -0.2) is 0 Å². The van der Waals surface area contributed by atoms with Crippen LogP contribution in [0.2, 0.25) is 0 Å². The third kappa shape index (κ3) is 4.44. The Hall–Kier alpha value is -0.960. The molecule has 0 radical (unpaired) electrons. The third-order valence-electron chi connectivity index (χ3n) is 1.27. The van der Waals surface area contributed by atoms with Crippen molar-refractivity contribution >= 4 is 0 Å². The molecule has 1 aliphatic rings. The number of hydrogen-bond donors (Lipinski definition) is 0. The van der Waals surface area contributed by atoms with Crippen LogP contribution < -0.4 is 0 Å². The zero-order valence-electron chi connectivity index (χ0n) is 7.81. The summed E-state index contributed by atoms with van der Waals surface area (Å²) in [6.07, 6.45) is 6.18. The van der Waals surface area contributed by atoms with Crippen molar-refractivity contribution in [3.05, 3.63) is 23.8 Å². The smallest absolute Gasteiger partial charge is 0.00413 e. The molecule has 0 bridgehead atoms. The van der Waals surface area contributed by atoms with Crippen molar-refractivity contribution < 1.29 is 0 Å². The molecule has 0 heteroatoms. The summed E-state index contributed by atoms with van der Waals surface area (Å²) in [7, 11) is 0. The van der Waals surface area contributed by atoms with Crippen LogP contribution >= 0.6 is 0 Å². The first-order valence-corrected chi connectivity index (χ1v) is 4.15. The van der Waals surface area contributed by atoms with E-state index in [2.05, 4.69) is 30.9 Å². The van der Waals surface area contributed by atoms with E-state index in [-0.39, 0.29) is 0 Å². The van der Waals surface area contributed by atoms with Crippen LogP contribution in [0.15, 0.2) is 23.8 Å². The van der Waals surface area contributed by atoms with Crippen LogP contribution in [0.1, 0.15) is 27.7 Å². The summed E-state index contributed by atoms with van der Waals surface area (Å²) in [6.45, 7) is 8.19. The molecule has 0 spiro atoms. The lowest BCUT2D eigenvalue weighted by atomic mass is 10.1. The van der Waals surface area contributed by atoms with Crippen LogP contribution in [-0.2, 0) is 0 Å². The number of allylic oxidation sites excluding steroid dienone is 4. The average Bonchev–Trinajstić information content (AvgIpc) is 2.18. The second-order valence-corrected chi connectivity index (χ2v) is 2.34. The summed E-state index contributed by atoms with van der Waals surface area (Å²) < 4.78 is 0. The van der Waals surface area contributed by atoms with Crippen molar-refractivity contribution in [2.45, 2.75) is 27.7 Å². The molecule has 60 valence electrons. The van der Waals surface area contributed by atoms with E-state index in [4.69, 9.17) is 0 Å². The molecule has 11 heavy (non-hydrogen) atoms. The molecule has 0 heterocycles. The predicted molar refractivity (Wildman–Crippen MR) is 51.2 cm³/mol. The molecular weight excluding hydrogens is 132 g/mol. The minimum Gasteiger partial charge on any atom is -0.0703 e. The Morgan fingerprint density at radius 3 is 2.64 bits per heavy atom. The topological polar surface area (TPSA) is 0 Å². The van der Waals surface area contributed by atoms with E-state index in [0.29, 0.717) is 5.92 Å². The van der Waals surface area contributed by atoms with Crippen molar-refractivity contribution in [3.63, 3.8) is 0 Å². The van der Waals surface area contributed by atoms with Gasteiger partial charge in [-0.3, -0.25) is 0 Å². The molecule has 1 aliphatic carbocycles. The lowest BCUT2D eigenvalue weighted by Gasteiger charge is -1.93. The summed E-state index contributed by atoms with van der Waals surface area (Å²) in [5.41, 5.74) is 1.17. The molecule has 1 rings (SSSR count). The predicted octanol–water partition coefficient (Wildman–Crippen LogP) is 3.17. The van der Waals surface area contributed by atoms with Crippen LogP contribution in [0.4, 0.5) is 0 Å². The SMILES string of the molecule is CC.CC1=CC(C)C=CC#C1. The van der Waals surface area contributed by atoms with Crippen molar-refractivity contribution in [1.82, 2.24) is 0 Å². The van der Waals surface area contributed by atoms with Gasteiger partial charge in [0.05, 0.1) is 0 Å². The highest BCUT2D eigenvalue weighted by Crippen LogP contribution is 2.05. The Morgan fingerprint density at radius 2 is 2.00 bits per heavy atom. The molecule has 0 fully saturated rings. The van der Waals surface area contributed by atoms with Gasteiger partial charge in [0.2, 0.25) is 0 Å². The van der Waals surface area contributed by atoms with Gasteiger partial charge in [0, 0.05) is 0 Å². The van der Waals surface area contributed by atoms with E-state index >= 15 is 0 Å². The van der Waals surface area contributed by atoms with Gasteiger partial charge >= 0.3 is 0 Å². The van der Waals surface area contributed by atoms with Gasteiger partial charge in [0.15, 0.2) is 0 Å². The van der Waals surface area contributed by atoms with Crippen LogP contribution in [0.5, 0.6) is 0 Å². The molecule has 0 saturated heterocycles. The first-order valence-electron chi connectivity index (χ1n) is 4.15. The molecule has 0 aromatic carbocycles. The van der Waals surface area contributed by atoms with E-state index in [9.17, 15) is 0 Å². The molecule has 1 atom stereocenters. The standard InChI is InChI=1S/C9H10.C2H6/c1-8-5-3-4-6-9(2)7-8;1-2/h3,5,7-8H,1-2H3;1-2H3. The summed E-state index contributed by atoms with van der Waals surface area (Å²) in [5.74, 6) is 6.46. The van der Waals surface area contributed by atoms with E-state index in [0.717, 1.165) is 0 Å².